The average Bonchev–Trinajstić information content (AvgIpc) is 3.06. The molecule has 2 fully saturated rings. The van der Waals surface area contributed by atoms with Crippen molar-refractivity contribution in [3.63, 3.8) is 0 Å². The first-order valence-corrected chi connectivity index (χ1v) is 14.7. The van der Waals surface area contributed by atoms with Gasteiger partial charge in [-0.05, 0) is 86.1 Å². The number of phenolic OH excluding ortho intramolecular Hbond substituents is 1. The van der Waals surface area contributed by atoms with Crippen LogP contribution < -0.4 is 4.74 Å². The number of hydrogen-bond donors (Lipinski definition) is 2. The molecule has 2 N–H and O–H groups in total. The van der Waals surface area contributed by atoms with Gasteiger partial charge in [-0.15, -0.1) is 0 Å². The van der Waals surface area contributed by atoms with E-state index < -0.39 is 12.0 Å². The number of hydrogen-bond acceptors (Lipinski definition) is 5. The van der Waals surface area contributed by atoms with Crippen LogP contribution >= 0.6 is 0 Å². The summed E-state index contributed by atoms with van der Waals surface area (Å²) in [5, 5.41) is 11.1. The number of aromatic hydroxyl groups is 1. The van der Waals surface area contributed by atoms with Crippen molar-refractivity contribution < 1.29 is 28.2 Å². The second-order valence-corrected chi connectivity index (χ2v) is 12.0. The van der Waals surface area contributed by atoms with Crippen molar-refractivity contribution in [1.29, 1.82) is 0 Å². The number of alkyl halides is 2. The van der Waals surface area contributed by atoms with E-state index in [4.69, 9.17) is 4.74 Å². The molecule has 2 amide bonds. The Balaban J connectivity index is 1.42. The Hall–Kier alpha value is -3.46. The molecule has 2 aromatic carbocycles. The fourth-order valence-corrected chi connectivity index (χ4v) is 7.45. The van der Waals surface area contributed by atoms with Gasteiger partial charge in [-0.1, -0.05) is 31.9 Å². The molecule has 6 rings (SSSR count). The lowest BCUT2D eigenvalue weighted by Crippen LogP contribution is -2.52. The van der Waals surface area contributed by atoms with Crippen LogP contribution in [0.15, 0.2) is 42.5 Å². The normalized spacial score (nSPS) is 25.6. The lowest BCUT2D eigenvalue weighted by atomic mass is 9.59. The summed E-state index contributed by atoms with van der Waals surface area (Å²) in [7, 11) is 0. The van der Waals surface area contributed by atoms with Crippen LogP contribution in [0.5, 0.6) is 11.5 Å². The number of H-pyrrole nitrogens is 1. The zero-order valence-corrected chi connectivity index (χ0v) is 23.4. The molecule has 1 unspecified atom stereocenters. The largest absolute Gasteiger partial charge is 0.508 e. The number of rotatable bonds is 6. The highest BCUT2D eigenvalue weighted by Gasteiger charge is 2.54. The summed E-state index contributed by atoms with van der Waals surface area (Å²) in [6.45, 7) is 2.00. The van der Waals surface area contributed by atoms with E-state index in [9.17, 15) is 23.5 Å². The van der Waals surface area contributed by atoms with E-state index in [0.29, 0.717) is 25.9 Å². The maximum Gasteiger partial charge on any atom is 0.387 e. The second-order valence-electron chi connectivity index (χ2n) is 12.0. The Kier molecular flexibility index (Phi) is 7.49. The van der Waals surface area contributed by atoms with Gasteiger partial charge < -0.3 is 19.7 Å². The van der Waals surface area contributed by atoms with Crippen molar-refractivity contribution >= 4 is 22.7 Å². The Labute approximate surface area is 238 Å². The highest BCUT2D eigenvalue weighted by atomic mass is 19.3. The van der Waals surface area contributed by atoms with E-state index in [1.54, 1.807) is 30.3 Å². The van der Waals surface area contributed by atoms with E-state index in [1.807, 2.05) is 13.0 Å². The molecule has 3 heterocycles. The Bertz CT molecular complexity index is 1450. The van der Waals surface area contributed by atoms with Crippen LogP contribution in [0.2, 0.25) is 0 Å². The van der Waals surface area contributed by atoms with Gasteiger partial charge in [0, 0.05) is 42.0 Å². The van der Waals surface area contributed by atoms with Gasteiger partial charge in [-0.25, -0.2) is 0 Å². The van der Waals surface area contributed by atoms with Crippen LogP contribution in [-0.4, -0.2) is 64.5 Å². The van der Waals surface area contributed by atoms with E-state index in [0.717, 1.165) is 53.7 Å². The molecule has 1 aliphatic carbocycles. The Morgan fingerprint density at radius 2 is 1.85 bits per heavy atom. The van der Waals surface area contributed by atoms with Crippen molar-refractivity contribution in [2.75, 3.05) is 26.2 Å². The number of likely N-dealkylation sites (tertiary alicyclic amines) is 2. The minimum absolute atomic E-state index is 0.0527. The van der Waals surface area contributed by atoms with Gasteiger partial charge in [0.1, 0.15) is 11.5 Å². The molecule has 3 atom stereocenters. The maximum absolute atomic E-state index is 14.5. The average molecular weight is 566 g/mol. The number of nitrogens with one attached hydrogen (secondary N) is 1. The maximum atomic E-state index is 14.5. The van der Waals surface area contributed by atoms with Crippen LogP contribution in [0.1, 0.15) is 68.2 Å². The number of imide groups is 1. The first-order chi connectivity index (χ1) is 19.7. The molecule has 2 saturated heterocycles. The minimum atomic E-state index is -2.95. The topological polar surface area (TPSA) is 85.9 Å². The predicted molar refractivity (Wildman–Crippen MR) is 151 cm³/mol. The number of carbonyl (C=O) groups is 2. The molecule has 3 aliphatic rings. The second kappa shape index (κ2) is 11.1. The molecule has 3 aromatic rings. The van der Waals surface area contributed by atoms with Crippen LogP contribution in [0.3, 0.4) is 0 Å². The van der Waals surface area contributed by atoms with Crippen molar-refractivity contribution in [3.05, 3.63) is 59.3 Å². The Morgan fingerprint density at radius 1 is 1.07 bits per heavy atom. The van der Waals surface area contributed by atoms with Crippen molar-refractivity contribution in [3.8, 4) is 11.5 Å². The summed E-state index contributed by atoms with van der Waals surface area (Å²) in [6, 6.07) is 11.9. The number of benzene rings is 2. The monoisotopic (exact) mass is 565 g/mol. The number of fused-ring (bicyclic) bond motifs is 4. The van der Waals surface area contributed by atoms with Crippen molar-refractivity contribution in [2.24, 2.45) is 11.3 Å². The van der Waals surface area contributed by atoms with E-state index in [2.05, 4.69) is 9.88 Å². The quantitative estimate of drug-likeness (QED) is 0.369. The molecule has 2 aliphatic heterocycles. The third-order valence-electron chi connectivity index (χ3n) is 9.48. The first-order valence-electron chi connectivity index (χ1n) is 14.7. The highest BCUT2D eigenvalue weighted by Crippen LogP contribution is 2.55. The molecule has 41 heavy (non-hydrogen) atoms. The smallest absolute Gasteiger partial charge is 0.387 e. The fraction of sp³-hybridized carbons (Fsp3) is 0.500. The predicted octanol–water partition coefficient (Wildman–Crippen LogP) is 5.81. The summed E-state index contributed by atoms with van der Waals surface area (Å²) in [4.78, 5) is 35.3. The standard InChI is InChI=1S/C32H37F2N3O4/c1-32-19-24-23-18-22(41-31(33)34)9-11-26(23)35-29(24)28(20-7-6-8-21(38)17-20)25(32)10-12-27(39)37(30(32)40)16-15-36-13-4-2-3-5-14-36/h6-9,11,17-18,25,28,31,35,38H,2-5,10,12-16,19H2,1H3/t25?,28-,32+/m0/s1. The van der Waals surface area contributed by atoms with Crippen molar-refractivity contribution in [1.82, 2.24) is 14.8 Å². The third-order valence-corrected chi connectivity index (χ3v) is 9.48. The zero-order valence-electron chi connectivity index (χ0n) is 23.4. The first kappa shape index (κ1) is 27.7. The molecule has 0 saturated carbocycles. The molecule has 0 radical (unpaired) electrons. The number of aromatic nitrogens is 1. The number of nitrogens with zero attached hydrogens (tertiary/aromatic N) is 2. The van der Waals surface area contributed by atoms with E-state index >= 15 is 0 Å². The SMILES string of the molecule is C[C@@]12Cc3c([nH]c4ccc(OC(F)F)cc34)[C@@H](c3cccc(O)c3)C1CCC(=O)N(CCN1CCCCCC1)C2=O. The zero-order chi connectivity index (χ0) is 28.7. The van der Waals surface area contributed by atoms with Gasteiger partial charge in [0.25, 0.3) is 0 Å². The van der Waals surface area contributed by atoms with Crippen LogP contribution in [-0.2, 0) is 16.0 Å². The molecule has 0 spiro atoms. The minimum Gasteiger partial charge on any atom is -0.508 e. The number of phenols is 1. The molecule has 1 aromatic heterocycles. The van der Waals surface area contributed by atoms with Crippen LogP contribution in [0.4, 0.5) is 8.78 Å². The number of amides is 2. The van der Waals surface area contributed by atoms with Crippen LogP contribution in [0, 0.1) is 11.3 Å². The summed E-state index contributed by atoms with van der Waals surface area (Å²) in [5.74, 6) is -0.653. The molecule has 7 nitrogen and oxygen atoms in total. The van der Waals surface area contributed by atoms with Gasteiger partial charge in [-0.3, -0.25) is 14.5 Å². The number of halogens is 2. The van der Waals surface area contributed by atoms with Gasteiger partial charge >= 0.3 is 6.61 Å². The summed E-state index contributed by atoms with van der Waals surface area (Å²) >= 11 is 0. The lowest BCUT2D eigenvalue weighted by molar-refractivity contribution is -0.151. The molecular formula is C32H37F2N3O4. The summed E-state index contributed by atoms with van der Waals surface area (Å²) < 4.78 is 30.8. The highest BCUT2D eigenvalue weighted by molar-refractivity contribution is 6.00. The number of carbonyl (C=O) groups excluding carboxylic acids is 2. The number of ether oxygens (including phenoxy) is 1. The third kappa shape index (κ3) is 5.20. The fourth-order valence-electron chi connectivity index (χ4n) is 7.45. The van der Waals surface area contributed by atoms with Gasteiger partial charge in [0.15, 0.2) is 0 Å². The summed E-state index contributed by atoms with van der Waals surface area (Å²) in [6.07, 6.45) is 5.85. The van der Waals surface area contributed by atoms with Crippen molar-refractivity contribution in [2.45, 2.75) is 64.4 Å². The van der Waals surface area contributed by atoms with Gasteiger partial charge in [0.05, 0.1) is 5.41 Å². The molecular weight excluding hydrogens is 528 g/mol. The molecule has 9 heteroatoms. The van der Waals surface area contributed by atoms with Crippen LogP contribution in [0.25, 0.3) is 10.9 Å². The van der Waals surface area contributed by atoms with Gasteiger partial charge in [0.2, 0.25) is 11.8 Å². The lowest BCUT2D eigenvalue weighted by Gasteiger charge is -2.45. The Morgan fingerprint density at radius 3 is 2.59 bits per heavy atom. The van der Waals surface area contributed by atoms with Gasteiger partial charge in [-0.2, -0.15) is 8.78 Å². The van der Waals surface area contributed by atoms with E-state index in [-0.39, 0.29) is 41.6 Å². The number of aromatic amines is 1. The van der Waals surface area contributed by atoms with E-state index in [1.165, 1.54) is 23.8 Å². The summed E-state index contributed by atoms with van der Waals surface area (Å²) in [5.41, 5.74) is 2.45. The molecule has 0 bridgehead atoms. The molecule has 218 valence electrons.